The summed E-state index contributed by atoms with van der Waals surface area (Å²) >= 11 is 0. The molecule has 3 rings (SSSR count). The Morgan fingerprint density at radius 1 is 1.07 bits per heavy atom. The lowest BCUT2D eigenvalue weighted by atomic mass is 9.83. The van der Waals surface area contributed by atoms with E-state index in [0.29, 0.717) is 17.8 Å². The van der Waals surface area contributed by atoms with Crippen molar-refractivity contribution in [2.45, 2.75) is 20.3 Å². The molecule has 2 aromatic carbocycles. The first-order chi connectivity index (χ1) is 12.7. The smallest absolute Gasteiger partial charge is 0.308 e. The van der Waals surface area contributed by atoms with E-state index in [1.54, 1.807) is 18.2 Å². The lowest BCUT2D eigenvalue weighted by Gasteiger charge is -2.27. The summed E-state index contributed by atoms with van der Waals surface area (Å²) in [5, 5.41) is 9.15. The zero-order valence-corrected chi connectivity index (χ0v) is 14.8. The van der Waals surface area contributed by atoms with Crippen LogP contribution in [-0.4, -0.2) is 17.6 Å². The zero-order chi connectivity index (χ0) is 19.6. The highest BCUT2D eigenvalue weighted by molar-refractivity contribution is 6.07. The predicted molar refractivity (Wildman–Crippen MR) is 98.5 cm³/mol. The maximum Gasteiger partial charge on any atom is 0.323 e. The van der Waals surface area contributed by atoms with Crippen molar-refractivity contribution in [1.29, 1.82) is 0 Å². The molecule has 0 aromatic heterocycles. The first-order valence-electron chi connectivity index (χ1n) is 8.25. The summed E-state index contributed by atoms with van der Waals surface area (Å²) in [6, 6.07) is 9.46. The maximum atomic E-state index is 13.2. The third-order valence-corrected chi connectivity index (χ3v) is 4.15. The molecule has 0 saturated heterocycles. The second-order valence-electron chi connectivity index (χ2n) is 6.85. The molecule has 27 heavy (non-hydrogen) atoms. The summed E-state index contributed by atoms with van der Waals surface area (Å²) < 4.78 is 26.2. The standard InChI is InChI=1S/C19H18F2N4O2/c1-19(2)10-16(24-25-17(19)26)11-4-3-5-12(8-11)22-18(27)23-13-6-7-14(20)15(21)9-13/h3-9H,10H2,1-2H3,(H,25,26)(H2,22,23,27). The largest absolute Gasteiger partial charge is 0.323 e. The van der Waals surface area contributed by atoms with Crippen LogP contribution in [0.2, 0.25) is 0 Å². The number of hydrogen-bond acceptors (Lipinski definition) is 3. The van der Waals surface area contributed by atoms with E-state index in [1.807, 2.05) is 19.9 Å². The van der Waals surface area contributed by atoms with Crippen molar-refractivity contribution in [2.24, 2.45) is 10.5 Å². The minimum atomic E-state index is -1.05. The summed E-state index contributed by atoms with van der Waals surface area (Å²) in [4.78, 5) is 23.9. The van der Waals surface area contributed by atoms with Crippen molar-refractivity contribution >= 4 is 29.0 Å². The first-order valence-corrected chi connectivity index (χ1v) is 8.25. The molecule has 0 saturated carbocycles. The Morgan fingerprint density at radius 2 is 1.78 bits per heavy atom. The van der Waals surface area contributed by atoms with E-state index in [4.69, 9.17) is 0 Å². The van der Waals surface area contributed by atoms with Gasteiger partial charge in [-0.3, -0.25) is 4.79 Å². The molecular weight excluding hydrogens is 354 g/mol. The number of hydrazone groups is 1. The molecule has 0 fully saturated rings. The van der Waals surface area contributed by atoms with Crippen molar-refractivity contribution in [3.8, 4) is 0 Å². The minimum absolute atomic E-state index is 0.128. The van der Waals surface area contributed by atoms with Gasteiger partial charge in [0.15, 0.2) is 11.6 Å². The van der Waals surface area contributed by atoms with Gasteiger partial charge >= 0.3 is 6.03 Å². The van der Waals surface area contributed by atoms with Gasteiger partial charge in [0.2, 0.25) is 5.91 Å². The Labute approximate surface area is 154 Å². The molecule has 1 aliphatic heterocycles. The molecule has 3 N–H and O–H groups in total. The highest BCUT2D eigenvalue weighted by atomic mass is 19.2. The van der Waals surface area contributed by atoms with E-state index in [9.17, 15) is 18.4 Å². The lowest BCUT2D eigenvalue weighted by Crippen LogP contribution is -2.40. The van der Waals surface area contributed by atoms with E-state index in [1.165, 1.54) is 6.07 Å². The SMILES string of the molecule is CC1(C)CC(c2cccc(NC(=O)Nc3ccc(F)c(F)c3)c2)=NNC1=O. The Balaban J connectivity index is 1.71. The number of hydrogen-bond donors (Lipinski definition) is 3. The lowest BCUT2D eigenvalue weighted by molar-refractivity contribution is -0.129. The van der Waals surface area contributed by atoms with Gasteiger partial charge in [-0.1, -0.05) is 26.0 Å². The van der Waals surface area contributed by atoms with Crippen LogP contribution in [0.4, 0.5) is 25.0 Å². The fourth-order valence-corrected chi connectivity index (χ4v) is 2.62. The third kappa shape index (κ3) is 4.28. The fraction of sp³-hybridized carbons (Fsp3) is 0.211. The van der Waals surface area contributed by atoms with Crippen molar-refractivity contribution in [3.63, 3.8) is 0 Å². The van der Waals surface area contributed by atoms with E-state index < -0.39 is 23.1 Å². The topological polar surface area (TPSA) is 82.6 Å². The van der Waals surface area contributed by atoms with Crippen LogP contribution in [-0.2, 0) is 4.79 Å². The van der Waals surface area contributed by atoms with Crippen LogP contribution in [0, 0.1) is 17.0 Å². The number of benzene rings is 2. The molecule has 3 amide bonds. The number of halogens is 2. The molecule has 8 heteroatoms. The van der Waals surface area contributed by atoms with Gasteiger partial charge in [-0.25, -0.2) is 19.0 Å². The number of nitrogens with one attached hydrogen (secondary N) is 3. The summed E-state index contributed by atoms with van der Waals surface area (Å²) in [6.45, 7) is 3.66. The number of urea groups is 1. The van der Waals surface area contributed by atoms with Gasteiger partial charge in [-0.2, -0.15) is 5.10 Å². The highest BCUT2D eigenvalue weighted by Gasteiger charge is 2.33. The van der Waals surface area contributed by atoms with Gasteiger partial charge in [-0.15, -0.1) is 0 Å². The number of rotatable bonds is 3. The number of nitrogens with zero attached hydrogens (tertiary/aromatic N) is 1. The number of amides is 3. The van der Waals surface area contributed by atoms with Crippen LogP contribution < -0.4 is 16.1 Å². The molecule has 0 unspecified atom stereocenters. The number of carbonyl (C=O) groups excluding carboxylic acids is 2. The van der Waals surface area contributed by atoms with Crippen molar-refractivity contribution < 1.29 is 18.4 Å². The highest BCUT2D eigenvalue weighted by Crippen LogP contribution is 2.27. The van der Waals surface area contributed by atoms with Crippen LogP contribution in [0.25, 0.3) is 0 Å². The third-order valence-electron chi connectivity index (χ3n) is 4.15. The molecule has 0 bridgehead atoms. The van der Waals surface area contributed by atoms with Crippen LogP contribution in [0.1, 0.15) is 25.8 Å². The Morgan fingerprint density at radius 3 is 2.44 bits per heavy atom. The predicted octanol–water partition coefficient (Wildman–Crippen LogP) is 3.86. The second-order valence-corrected chi connectivity index (χ2v) is 6.85. The van der Waals surface area contributed by atoms with Crippen molar-refractivity contribution in [1.82, 2.24) is 5.43 Å². The summed E-state index contributed by atoms with van der Waals surface area (Å²) in [5.74, 6) is -2.18. The average Bonchev–Trinajstić information content (AvgIpc) is 2.60. The molecule has 1 aliphatic rings. The van der Waals surface area contributed by atoms with Crippen LogP contribution in [0.15, 0.2) is 47.6 Å². The first kappa shape index (κ1) is 18.5. The second kappa shape index (κ2) is 7.14. The molecule has 0 radical (unpaired) electrons. The van der Waals surface area contributed by atoms with E-state index in [-0.39, 0.29) is 11.6 Å². The maximum absolute atomic E-state index is 13.2. The molecule has 1 heterocycles. The fourth-order valence-electron chi connectivity index (χ4n) is 2.62. The van der Waals surface area contributed by atoms with E-state index >= 15 is 0 Å². The van der Waals surface area contributed by atoms with Gasteiger partial charge in [-0.05, 0) is 29.8 Å². The molecule has 2 aromatic rings. The van der Waals surface area contributed by atoms with Gasteiger partial charge < -0.3 is 10.6 Å². The van der Waals surface area contributed by atoms with Crippen LogP contribution >= 0.6 is 0 Å². The number of anilines is 2. The van der Waals surface area contributed by atoms with Gasteiger partial charge in [0, 0.05) is 23.9 Å². The van der Waals surface area contributed by atoms with Gasteiger partial charge in [0.25, 0.3) is 0 Å². The minimum Gasteiger partial charge on any atom is -0.308 e. The Bertz CT molecular complexity index is 941. The molecule has 6 nitrogen and oxygen atoms in total. The van der Waals surface area contributed by atoms with Crippen LogP contribution in [0.5, 0.6) is 0 Å². The Hall–Kier alpha value is -3.29. The van der Waals surface area contributed by atoms with Crippen molar-refractivity contribution in [3.05, 3.63) is 59.7 Å². The zero-order valence-electron chi connectivity index (χ0n) is 14.8. The quantitative estimate of drug-likeness (QED) is 0.765. The van der Waals surface area contributed by atoms with E-state index in [2.05, 4.69) is 21.2 Å². The summed E-state index contributed by atoms with van der Waals surface area (Å²) in [5.41, 5.74) is 4.00. The molecule has 0 spiro atoms. The Kier molecular flexibility index (Phi) is 4.89. The van der Waals surface area contributed by atoms with Crippen LogP contribution in [0.3, 0.4) is 0 Å². The summed E-state index contributed by atoms with van der Waals surface area (Å²) in [7, 11) is 0. The van der Waals surface area contributed by atoms with E-state index in [0.717, 1.165) is 17.7 Å². The number of carbonyl (C=O) groups is 2. The van der Waals surface area contributed by atoms with Gasteiger partial charge in [0.05, 0.1) is 11.1 Å². The molecule has 0 aliphatic carbocycles. The van der Waals surface area contributed by atoms with Gasteiger partial charge in [0.1, 0.15) is 0 Å². The molecule has 140 valence electrons. The summed E-state index contributed by atoms with van der Waals surface area (Å²) in [6.07, 6.45) is 0.462. The average molecular weight is 372 g/mol. The molecular formula is C19H18F2N4O2. The normalized spacial score (nSPS) is 15.6. The molecule has 0 atom stereocenters. The monoisotopic (exact) mass is 372 g/mol. The van der Waals surface area contributed by atoms with Crippen molar-refractivity contribution in [2.75, 3.05) is 10.6 Å².